The number of carboxylic acids is 2. The minimum Gasteiger partial charge on any atom is -0.486 e. The van der Waals surface area contributed by atoms with Gasteiger partial charge in [0.05, 0.1) is 11.8 Å². The van der Waals surface area contributed by atoms with Crippen LogP contribution in [-0.2, 0) is 9.59 Å². The molecule has 0 fully saturated rings. The number of carbonyl (C=O) groups is 2. The minimum absolute atomic E-state index is 0.364. The summed E-state index contributed by atoms with van der Waals surface area (Å²) in [6.45, 7) is 0.797. The maximum atomic E-state index is 11.9. The lowest BCUT2D eigenvalue weighted by Gasteiger charge is -2.24. The average Bonchev–Trinajstić information content (AvgIpc) is 2.59. The predicted octanol–water partition coefficient (Wildman–Crippen LogP) is 2.49. The van der Waals surface area contributed by atoms with E-state index in [1.165, 1.54) is 0 Å². The van der Waals surface area contributed by atoms with Crippen LogP contribution in [0.1, 0.15) is 23.0 Å². The Morgan fingerprint density at radius 2 is 1.38 bits per heavy atom. The molecule has 0 bridgehead atoms. The first-order valence-corrected chi connectivity index (χ1v) is 7.48. The number of rotatable bonds is 5. The lowest BCUT2D eigenvalue weighted by Crippen LogP contribution is -2.26. The van der Waals surface area contributed by atoms with Crippen molar-refractivity contribution < 1.29 is 29.3 Å². The number of hydrogen-bond donors (Lipinski definition) is 2. The Hall–Kier alpha value is -3.02. The third-order valence-electron chi connectivity index (χ3n) is 3.95. The second-order valence-electron chi connectivity index (χ2n) is 5.45. The van der Waals surface area contributed by atoms with Gasteiger partial charge in [-0.1, -0.05) is 36.4 Å². The summed E-state index contributed by atoms with van der Waals surface area (Å²) in [5.74, 6) is -3.87. The molecule has 0 amide bonds. The fourth-order valence-electron chi connectivity index (χ4n) is 2.87. The zero-order valence-corrected chi connectivity index (χ0v) is 12.7. The molecule has 0 aromatic heterocycles. The van der Waals surface area contributed by atoms with Crippen LogP contribution in [0.3, 0.4) is 0 Å². The van der Waals surface area contributed by atoms with Gasteiger partial charge in [-0.3, -0.25) is 9.59 Å². The summed E-state index contributed by atoms with van der Waals surface area (Å²) in [6.07, 6.45) is 0. The molecule has 0 saturated heterocycles. The third kappa shape index (κ3) is 3.03. The van der Waals surface area contributed by atoms with Gasteiger partial charge in [-0.15, -0.1) is 0 Å². The molecule has 0 saturated carbocycles. The zero-order chi connectivity index (χ0) is 17.1. The van der Waals surface area contributed by atoms with Crippen molar-refractivity contribution in [3.8, 4) is 11.5 Å². The van der Waals surface area contributed by atoms with Gasteiger partial charge in [0.1, 0.15) is 13.2 Å². The van der Waals surface area contributed by atoms with Gasteiger partial charge in [0, 0.05) is 0 Å². The van der Waals surface area contributed by atoms with Crippen LogP contribution < -0.4 is 9.47 Å². The molecule has 3 rings (SSSR count). The van der Waals surface area contributed by atoms with E-state index in [2.05, 4.69) is 0 Å². The molecule has 2 atom stereocenters. The monoisotopic (exact) mass is 328 g/mol. The predicted molar refractivity (Wildman–Crippen MR) is 84.6 cm³/mol. The molecule has 2 N–H and O–H groups in total. The van der Waals surface area contributed by atoms with Crippen LogP contribution in [0.25, 0.3) is 0 Å². The first kappa shape index (κ1) is 15.9. The summed E-state index contributed by atoms with van der Waals surface area (Å²) < 4.78 is 10.9. The highest BCUT2D eigenvalue weighted by atomic mass is 16.6. The molecular formula is C18H16O6. The Morgan fingerprint density at radius 1 is 0.792 bits per heavy atom. The second kappa shape index (κ2) is 6.62. The van der Waals surface area contributed by atoms with Crippen LogP contribution in [0, 0.1) is 0 Å². The van der Waals surface area contributed by atoms with E-state index in [9.17, 15) is 19.8 Å². The van der Waals surface area contributed by atoms with Crippen molar-refractivity contribution in [1.29, 1.82) is 0 Å². The van der Waals surface area contributed by atoms with E-state index in [4.69, 9.17) is 9.47 Å². The smallest absolute Gasteiger partial charge is 0.312 e. The van der Waals surface area contributed by atoms with E-state index in [1.54, 1.807) is 48.5 Å². The van der Waals surface area contributed by atoms with Crippen molar-refractivity contribution >= 4 is 11.9 Å². The SMILES string of the molecule is O=C(O)C(c1ccccc1)C(C(=O)O)c1ccc2c(c1)OCCO2. The number of ether oxygens (including phenoxy) is 2. The summed E-state index contributed by atoms with van der Waals surface area (Å²) in [6, 6.07) is 13.1. The van der Waals surface area contributed by atoms with E-state index in [-0.39, 0.29) is 0 Å². The Kier molecular flexibility index (Phi) is 4.37. The molecule has 6 heteroatoms. The van der Waals surface area contributed by atoms with Gasteiger partial charge in [0.25, 0.3) is 0 Å². The fraction of sp³-hybridized carbons (Fsp3) is 0.222. The summed E-state index contributed by atoms with van der Waals surface area (Å²) in [5, 5.41) is 19.3. The normalized spacial score (nSPS) is 15.3. The van der Waals surface area contributed by atoms with Crippen molar-refractivity contribution in [2.75, 3.05) is 13.2 Å². The average molecular weight is 328 g/mol. The first-order chi connectivity index (χ1) is 11.6. The van der Waals surface area contributed by atoms with Crippen LogP contribution in [0.15, 0.2) is 48.5 Å². The van der Waals surface area contributed by atoms with Crippen LogP contribution in [-0.4, -0.2) is 35.4 Å². The van der Waals surface area contributed by atoms with Gasteiger partial charge in [0.15, 0.2) is 11.5 Å². The van der Waals surface area contributed by atoms with Gasteiger partial charge in [-0.2, -0.15) is 0 Å². The first-order valence-electron chi connectivity index (χ1n) is 7.48. The molecule has 2 unspecified atom stereocenters. The number of carboxylic acid groups (broad SMARTS) is 2. The minimum atomic E-state index is -1.24. The molecule has 24 heavy (non-hydrogen) atoms. The molecule has 1 aliphatic rings. The number of fused-ring (bicyclic) bond motifs is 1. The Bertz CT molecular complexity index is 755. The number of aliphatic carboxylic acids is 2. The number of hydrogen-bond acceptors (Lipinski definition) is 4. The van der Waals surface area contributed by atoms with E-state index in [0.717, 1.165) is 0 Å². The Morgan fingerprint density at radius 3 is 2.00 bits per heavy atom. The molecule has 0 spiro atoms. The largest absolute Gasteiger partial charge is 0.486 e. The fourth-order valence-corrected chi connectivity index (χ4v) is 2.87. The lowest BCUT2D eigenvalue weighted by molar-refractivity contribution is -0.147. The van der Waals surface area contributed by atoms with Gasteiger partial charge in [-0.05, 0) is 23.3 Å². The molecule has 0 radical (unpaired) electrons. The quantitative estimate of drug-likeness (QED) is 0.876. The van der Waals surface area contributed by atoms with Crippen LogP contribution >= 0.6 is 0 Å². The Balaban J connectivity index is 2.05. The third-order valence-corrected chi connectivity index (χ3v) is 3.95. The summed E-state index contributed by atoms with van der Waals surface area (Å²) in [5.41, 5.74) is 0.801. The topological polar surface area (TPSA) is 93.1 Å². The van der Waals surface area contributed by atoms with Gasteiger partial charge in [0.2, 0.25) is 0 Å². The van der Waals surface area contributed by atoms with Crippen molar-refractivity contribution in [3.05, 3.63) is 59.7 Å². The van der Waals surface area contributed by atoms with Crippen LogP contribution in [0.2, 0.25) is 0 Å². The molecule has 2 aromatic carbocycles. The maximum absolute atomic E-state index is 11.9. The molecule has 2 aromatic rings. The highest BCUT2D eigenvalue weighted by Gasteiger charge is 2.37. The van der Waals surface area contributed by atoms with Gasteiger partial charge < -0.3 is 19.7 Å². The second-order valence-corrected chi connectivity index (χ2v) is 5.45. The number of benzene rings is 2. The molecule has 1 heterocycles. The van der Waals surface area contributed by atoms with E-state index >= 15 is 0 Å². The van der Waals surface area contributed by atoms with Crippen molar-refractivity contribution in [2.45, 2.75) is 11.8 Å². The van der Waals surface area contributed by atoms with Crippen molar-refractivity contribution in [3.63, 3.8) is 0 Å². The molecule has 1 aliphatic heterocycles. The summed E-state index contributed by atoms with van der Waals surface area (Å²) in [4.78, 5) is 23.6. The summed E-state index contributed by atoms with van der Waals surface area (Å²) in [7, 11) is 0. The zero-order valence-electron chi connectivity index (χ0n) is 12.7. The maximum Gasteiger partial charge on any atom is 0.312 e. The van der Waals surface area contributed by atoms with Crippen LogP contribution in [0.5, 0.6) is 11.5 Å². The highest BCUT2D eigenvalue weighted by Crippen LogP contribution is 2.38. The van der Waals surface area contributed by atoms with E-state index in [1.807, 2.05) is 0 Å². The Labute approximate surface area is 138 Å². The van der Waals surface area contributed by atoms with Crippen LogP contribution in [0.4, 0.5) is 0 Å². The van der Waals surface area contributed by atoms with Gasteiger partial charge in [-0.25, -0.2) is 0 Å². The standard InChI is InChI=1S/C18H16O6/c19-17(20)15(11-4-2-1-3-5-11)16(18(21)22)12-6-7-13-14(10-12)24-9-8-23-13/h1-7,10,15-16H,8-9H2,(H,19,20)(H,21,22). The molecule has 0 aliphatic carbocycles. The van der Waals surface area contributed by atoms with E-state index in [0.29, 0.717) is 35.8 Å². The van der Waals surface area contributed by atoms with E-state index < -0.39 is 23.8 Å². The summed E-state index contributed by atoms with van der Waals surface area (Å²) >= 11 is 0. The molecular weight excluding hydrogens is 312 g/mol. The van der Waals surface area contributed by atoms with Crippen molar-refractivity contribution in [1.82, 2.24) is 0 Å². The highest BCUT2D eigenvalue weighted by molar-refractivity contribution is 5.88. The lowest BCUT2D eigenvalue weighted by atomic mass is 9.81. The van der Waals surface area contributed by atoms with Crippen molar-refractivity contribution in [2.24, 2.45) is 0 Å². The molecule has 6 nitrogen and oxygen atoms in total. The molecule has 124 valence electrons. The van der Waals surface area contributed by atoms with Gasteiger partial charge >= 0.3 is 11.9 Å².